The van der Waals surface area contributed by atoms with Crippen LogP contribution >= 0.6 is 23.0 Å². The third-order valence-corrected chi connectivity index (χ3v) is 10.6. The van der Waals surface area contributed by atoms with E-state index in [-0.39, 0.29) is 0 Å². The van der Waals surface area contributed by atoms with E-state index in [0.29, 0.717) is 13.2 Å². The second-order valence-corrected chi connectivity index (χ2v) is 10.2. The van der Waals surface area contributed by atoms with Crippen LogP contribution in [-0.2, 0) is 27.1 Å². The summed E-state index contributed by atoms with van der Waals surface area (Å²) in [5, 5.41) is 0. The summed E-state index contributed by atoms with van der Waals surface area (Å²) >= 11 is 0. The molecule has 0 bridgehead atoms. The zero-order chi connectivity index (χ0) is 13.3. The maximum absolute atomic E-state index is 5.53. The van der Waals surface area contributed by atoms with Crippen LogP contribution < -0.4 is 0 Å². The summed E-state index contributed by atoms with van der Waals surface area (Å²) in [6.07, 6.45) is 0. The van der Waals surface area contributed by atoms with Gasteiger partial charge in [0.05, 0.1) is 13.2 Å². The fraction of sp³-hybridized carbons (Fsp3) is 1.00. The molecule has 0 saturated carbocycles. The monoisotopic (exact) mass is 319 g/mol. The Kier molecular flexibility index (Phi) is 4.49. The largest absolute Gasteiger partial charge is 0.349 e. The Balaban J connectivity index is 2.67. The van der Waals surface area contributed by atoms with Crippen molar-refractivity contribution >= 4 is 23.0 Å². The van der Waals surface area contributed by atoms with E-state index in [0.717, 1.165) is 0 Å². The molecule has 0 aromatic rings. The molecular weight excluding hydrogens is 303 g/mol. The average Bonchev–Trinajstić information content (AvgIpc) is 2.85. The first kappa shape index (κ1) is 14.9. The molecule has 0 aromatic heterocycles. The minimum Gasteiger partial charge on any atom is -0.310 e. The third kappa shape index (κ3) is 2.52. The van der Waals surface area contributed by atoms with Gasteiger partial charge in [0.25, 0.3) is 0 Å². The van der Waals surface area contributed by atoms with Crippen molar-refractivity contribution in [1.29, 1.82) is 0 Å². The van der Waals surface area contributed by atoms with Crippen LogP contribution in [0.4, 0.5) is 0 Å². The van der Waals surface area contributed by atoms with E-state index in [1.807, 2.05) is 0 Å². The molecule has 2 rings (SSSR count). The van der Waals surface area contributed by atoms with Gasteiger partial charge in [0.15, 0.2) is 0 Å². The maximum Gasteiger partial charge on any atom is 0.349 e. The SMILES string of the molecule is COP1(OC)=NP(OC)(OC)=NP2(=N1)OCCO2. The van der Waals surface area contributed by atoms with Crippen LogP contribution in [0.15, 0.2) is 13.5 Å². The van der Waals surface area contributed by atoms with Crippen molar-refractivity contribution in [3.05, 3.63) is 0 Å². The molecule has 2 heterocycles. The lowest BCUT2D eigenvalue weighted by Crippen LogP contribution is -1.96. The van der Waals surface area contributed by atoms with E-state index in [1.165, 1.54) is 28.4 Å². The van der Waals surface area contributed by atoms with Crippen molar-refractivity contribution in [1.82, 2.24) is 0 Å². The molecule has 0 amide bonds. The molecule has 0 aliphatic carbocycles. The zero-order valence-corrected chi connectivity index (χ0v) is 13.2. The molecule has 0 aromatic carbocycles. The summed E-state index contributed by atoms with van der Waals surface area (Å²) < 4.78 is 45.3. The van der Waals surface area contributed by atoms with Gasteiger partial charge >= 0.3 is 23.0 Å². The predicted molar refractivity (Wildman–Crippen MR) is 68.0 cm³/mol. The highest BCUT2D eigenvalue weighted by Gasteiger charge is 2.42. The van der Waals surface area contributed by atoms with Gasteiger partial charge in [0.1, 0.15) is 0 Å². The van der Waals surface area contributed by atoms with Crippen LogP contribution in [0.1, 0.15) is 0 Å². The quantitative estimate of drug-likeness (QED) is 0.737. The van der Waals surface area contributed by atoms with Crippen molar-refractivity contribution in [3.8, 4) is 0 Å². The summed E-state index contributed by atoms with van der Waals surface area (Å²) in [5.41, 5.74) is 0. The van der Waals surface area contributed by atoms with Crippen LogP contribution in [0, 0.1) is 0 Å². The first-order valence-electron chi connectivity index (χ1n) is 5.01. The van der Waals surface area contributed by atoms with Gasteiger partial charge in [0.2, 0.25) is 0 Å². The maximum atomic E-state index is 5.53. The lowest BCUT2D eigenvalue weighted by Gasteiger charge is -2.28. The lowest BCUT2D eigenvalue weighted by atomic mass is 10.8. The lowest BCUT2D eigenvalue weighted by molar-refractivity contribution is 0.310. The Morgan fingerprint density at radius 3 is 1.61 bits per heavy atom. The van der Waals surface area contributed by atoms with E-state index in [4.69, 9.17) is 27.1 Å². The molecule has 12 heteroatoms. The third-order valence-electron chi connectivity index (χ3n) is 2.23. The Bertz CT molecular complexity index is 407. The molecule has 2 aliphatic rings. The second-order valence-electron chi connectivity index (χ2n) is 3.14. The van der Waals surface area contributed by atoms with Gasteiger partial charge in [-0.05, 0) is 0 Å². The topological polar surface area (TPSA) is 92.5 Å². The van der Waals surface area contributed by atoms with Crippen LogP contribution in [0.2, 0.25) is 0 Å². The molecule has 106 valence electrons. The average molecular weight is 319 g/mol. The van der Waals surface area contributed by atoms with Crippen molar-refractivity contribution in [2.75, 3.05) is 41.7 Å². The highest BCUT2D eigenvalue weighted by Crippen LogP contribution is 2.80. The second kappa shape index (κ2) is 5.44. The van der Waals surface area contributed by atoms with Gasteiger partial charge in [-0.15, -0.1) is 13.5 Å². The number of hydrogen-bond acceptors (Lipinski definition) is 9. The normalized spacial score (nSPS) is 27.3. The smallest absolute Gasteiger partial charge is 0.310 e. The van der Waals surface area contributed by atoms with E-state index in [1.54, 1.807) is 0 Å². The fourth-order valence-corrected chi connectivity index (χ4v) is 10.4. The van der Waals surface area contributed by atoms with Crippen molar-refractivity contribution in [2.45, 2.75) is 0 Å². The zero-order valence-electron chi connectivity index (χ0n) is 10.5. The van der Waals surface area contributed by atoms with Gasteiger partial charge in [-0.2, -0.15) is 0 Å². The van der Waals surface area contributed by atoms with E-state index < -0.39 is 23.0 Å². The fourth-order valence-electron chi connectivity index (χ4n) is 1.38. The molecule has 18 heavy (non-hydrogen) atoms. The molecule has 2 aliphatic heterocycles. The Morgan fingerprint density at radius 1 is 0.722 bits per heavy atom. The van der Waals surface area contributed by atoms with Crippen molar-refractivity contribution in [3.63, 3.8) is 0 Å². The van der Waals surface area contributed by atoms with Crippen molar-refractivity contribution < 1.29 is 27.1 Å². The standard InChI is InChI=1S/C6H16N3O6P3/c1-10-16(11-2)7-17(12-3,13-4)9-18(8-16)14-5-6-15-18/h5-6H2,1-4H3. The molecule has 1 saturated heterocycles. The van der Waals surface area contributed by atoms with Gasteiger partial charge in [-0.3, -0.25) is 0 Å². The Labute approximate surface area is 106 Å². The molecule has 9 nitrogen and oxygen atoms in total. The molecule has 1 fully saturated rings. The van der Waals surface area contributed by atoms with Gasteiger partial charge < -0.3 is 27.1 Å². The number of hydrogen-bond donors (Lipinski definition) is 0. The van der Waals surface area contributed by atoms with E-state index >= 15 is 0 Å². The molecular formula is C6H16N3O6P3. The van der Waals surface area contributed by atoms with Crippen LogP contribution in [0.3, 0.4) is 0 Å². The molecule has 0 atom stereocenters. The van der Waals surface area contributed by atoms with Crippen LogP contribution in [0.5, 0.6) is 0 Å². The highest BCUT2D eigenvalue weighted by molar-refractivity contribution is 7.78. The minimum atomic E-state index is -2.87. The van der Waals surface area contributed by atoms with Crippen molar-refractivity contribution in [2.24, 2.45) is 13.5 Å². The Hall–Kier alpha value is 0.450. The number of rotatable bonds is 4. The first-order valence-corrected chi connectivity index (χ1v) is 9.60. The molecule has 0 N–H and O–H groups in total. The highest BCUT2D eigenvalue weighted by atomic mass is 31.3. The van der Waals surface area contributed by atoms with Gasteiger partial charge in [-0.1, -0.05) is 0 Å². The molecule has 0 radical (unpaired) electrons. The van der Waals surface area contributed by atoms with Crippen LogP contribution in [0.25, 0.3) is 0 Å². The summed E-state index contributed by atoms with van der Waals surface area (Å²) in [6.45, 7) is 0.837. The summed E-state index contributed by atoms with van der Waals surface area (Å²) in [7, 11) is -2.69. The first-order chi connectivity index (χ1) is 8.57. The molecule has 1 spiro atoms. The van der Waals surface area contributed by atoms with Crippen LogP contribution in [-0.4, -0.2) is 41.7 Å². The summed E-state index contributed by atoms with van der Waals surface area (Å²) in [5.74, 6) is 0. The summed E-state index contributed by atoms with van der Waals surface area (Å²) in [6, 6.07) is 0. The minimum absolute atomic E-state index is 0.418. The van der Waals surface area contributed by atoms with Gasteiger partial charge in [-0.25, -0.2) is 0 Å². The van der Waals surface area contributed by atoms with E-state index in [9.17, 15) is 0 Å². The van der Waals surface area contributed by atoms with Gasteiger partial charge in [0, 0.05) is 28.4 Å². The van der Waals surface area contributed by atoms with E-state index in [2.05, 4.69) is 13.5 Å². The summed E-state index contributed by atoms with van der Waals surface area (Å²) in [4.78, 5) is 0. The molecule has 0 unspecified atom stereocenters. The predicted octanol–water partition coefficient (Wildman–Crippen LogP) is 3.47. The number of nitrogens with zero attached hydrogens (tertiary/aromatic N) is 3. The Morgan fingerprint density at radius 2 is 1.17 bits per heavy atom.